The molecule has 2 heterocycles. The number of aromatic nitrogens is 3. The molecule has 1 aromatic heterocycles. The van der Waals surface area contributed by atoms with E-state index in [0.29, 0.717) is 28.8 Å². The van der Waals surface area contributed by atoms with Crippen molar-refractivity contribution in [1.82, 2.24) is 14.9 Å². The second kappa shape index (κ2) is 9.22. The maximum absolute atomic E-state index is 9.33. The molecular formula is C24H27ClN6O. The standard InChI is InChI=1S/C24H27ClN6O/c1-5-30(12-13-32)17-10-11-20(16(4)14-17)26-22-21(18-8-6-7-9-19(18)25)28-31-24(22)27-23(29-31)15(2)3/h6-11,14-15,32H,5,12-13H2,1-4H3/b26-22-. The second-order valence-electron chi connectivity index (χ2n) is 8.00. The lowest BCUT2D eigenvalue weighted by Gasteiger charge is -2.22. The quantitative estimate of drug-likeness (QED) is 0.571. The van der Waals surface area contributed by atoms with Crippen LogP contribution in [0.1, 0.15) is 49.5 Å². The normalized spacial score (nSPS) is 14.2. The van der Waals surface area contributed by atoms with Crippen LogP contribution in [0.5, 0.6) is 0 Å². The van der Waals surface area contributed by atoms with Gasteiger partial charge < -0.3 is 10.0 Å². The van der Waals surface area contributed by atoms with E-state index in [0.717, 1.165) is 34.9 Å². The van der Waals surface area contributed by atoms with Gasteiger partial charge in [0.2, 0.25) is 5.82 Å². The van der Waals surface area contributed by atoms with Gasteiger partial charge in [0.15, 0.2) is 5.82 Å². The molecule has 4 rings (SSSR count). The van der Waals surface area contributed by atoms with Gasteiger partial charge in [-0.05, 0) is 43.7 Å². The van der Waals surface area contributed by atoms with Crippen LogP contribution >= 0.6 is 11.6 Å². The Morgan fingerprint density at radius 3 is 2.62 bits per heavy atom. The summed E-state index contributed by atoms with van der Waals surface area (Å²) in [6.45, 7) is 9.73. The number of benzene rings is 2. The Kier molecular flexibility index (Phi) is 6.39. The molecule has 0 unspecified atom stereocenters. The summed E-state index contributed by atoms with van der Waals surface area (Å²) in [5.41, 5.74) is 4.99. The number of aliphatic hydroxyl groups is 1. The maximum Gasteiger partial charge on any atom is 0.204 e. The SMILES string of the molecule is CCN(CCO)c1ccc(/N=C2/C(c3ccccc3Cl)=Nn3nc(C(C)C)nc32)c(C)c1. The number of aliphatic imine (C=N–C) groups is 1. The van der Waals surface area contributed by atoms with E-state index in [2.05, 4.69) is 41.9 Å². The summed E-state index contributed by atoms with van der Waals surface area (Å²) >= 11 is 6.48. The zero-order chi connectivity index (χ0) is 22.8. The predicted octanol–water partition coefficient (Wildman–Crippen LogP) is 4.57. The van der Waals surface area contributed by atoms with Crippen molar-refractivity contribution >= 4 is 34.4 Å². The monoisotopic (exact) mass is 450 g/mol. The Balaban J connectivity index is 1.81. The van der Waals surface area contributed by atoms with Gasteiger partial charge in [0.25, 0.3) is 0 Å². The first-order chi connectivity index (χ1) is 15.4. The number of likely N-dealkylation sites (N-methyl/N-ethyl adjacent to an activating group) is 1. The number of fused-ring (bicyclic) bond motifs is 1. The smallest absolute Gasteiger partial charge is 0.204 e. The Morgan fingerprint density at radius 2 is 1.97 bits per heavy atom. The highest BCUT2D eigenvalue weighted by Gasteiger charge is 2.30. The molecular weight excluding hydrogens is 424 g/mol. The molecule has 1 N–H and O–H groups in total. The van der Waals surface area contributed by atoms with Crippen LogP contribution < -0.4 is 4.90 Å². The third-order valence-corrected chi connectivity index (χ3v) is 5.74. The van der Waals surface area contributed by atoms with Crippen LogP contribution in [0.4, 0.5) is 11.4 Å². The summed E-state index contributed by atoms with van der Waals surface area (Å²) in [6, 6.07) is 13.7. The molecule has 0 aliphatic carbocycles. The van der Waals surface area contributed by atoms with Crippen molar-refractivity contribution in [3.8, 4) is 0 Å². The van der Waals surface area contributed by atoms with Crippen molar-refractivity contribution < 1.29 is 5.11 Å². The van der Waals surface area contributed by atoms with Crippen LogP contribution in [0.25, 0.3) is 0 Å². The van der Waals surface area contributed by atoms with Gasteiger partial charge in [-0.1, -0.05) is 43.6 Å². The highest BCUT2D eigenvalue weighted by Crippen LogP contribution is 2.29. The van der Waals surface area contributed by atoms with E-state index in [-0.39, 0.29) is 12.5 Å². The Bertz CT molecular complexity index is 1200. The predicted molar refractivity (Wildman–Crippen MR) is 130 cm³/mol. The number of aryl methyl sites for hydroxylation is 1. The summed E-state index contributed by atoms with van der Waals surface area (Å²) in [5, 5.41) is 19.2. The summed E-state index contributed by atoms with van der Waals surface area (Å²) in [7, 11) is 0. The molecule has 166 valence electrons. The Morgan fingerprint density at radius 1 is 1.19 bits per heavy atom. The molecule has 0 amide bonds. The van der Waals surface area contributed by atoms with Crippen LogP contribution in [0, 0.1) is 6.92 Å². The molecule has 3 aromatic rings. The lowest BCUT2D eigenvalue weighted by Crippen LogP contribution is -2.26. The number of nitrogens with zero attached hydrogens (tertiary/aromatic N) is 6. The van der Waals surface area contributed by atoms with Crippen molar-refractivity contribution in [2.45, 2.75) is 33.6 Å². The van der Waals surface area contributed by atoms with Gasteiger partial charge in [-0.2, -0.15) is 0 Å². The van der Waals surface area contributed by atoms with Crippen LogP contribution in [0.15, 0.2) is 52.6 Å². The zero-order valence-corrected chi connectivity index (χ0v) is 19.5. The zero-order valence-electron chi connectivity index (χ0n) is 18.7. The lowest BCUT2D eigenvalue weighted by molar-refractivity contribution is 0.302. The molecule has 2 aromatic carbocycles. The minimum Gasteiger partial charge on any atom is -0.395 e. The molecule has 0 bridgehead atoms. The van der Waals surface area contributed by atoms with E-state index in [1.807, 2.05) is 43.3 Å². The molecule has 0 saturated carbocycles. The van der Waals surface area contributed by atoms with Crippen molar-refractivity contribution in [1.29, 1.82) is 0 Å². The Hall–Kier alpha value is -3.03. The largest absolute Gasteiger partial charge is 0.395 e. The lowest BCUT2D eigenvalue weighted by atomic mass is 10.1. The average molecular weight is 451 g/mol. The number of aliphatic hydroxyl groups excluding tert-OH is 1. The van der Waals surface area contributed by atoms with Gasteiger partial charge in [0.05, 0.1) is 17.3 Å². The molecule has 0 saturated heterocycles. The summed E-state index contributed by atoms with van der Waals surface area (Å²) < 4.78 is 0. The topological polar surface area (TPSA) is 78.9 Å². The number of hydrogen-bond acceptors (Lipinski definition) is 6. The van der Waals surface area contributed by atoms with E-state index in [9.17, 15) is 5.11 Å². The van der Waals surface area contributed by atoms with Gasteiger partial charge in [-0.25, -0.2) is 9.98 Å². The molecule has 7 nitrogen and oxygen atoms in total. The third kappa shape index (κ3) is 4.18. The van der Waals surface area contributed by atoms with Gasteiger partial charge in [0.1, 0.15) is 11.4 Å². The fraction of sp³-hybridized carbons (Fsp3) is 0.333. The van der Waals surface area contributed by atoms with E-state index in [1.54, 1.807) is 4.79 Å². The first-order valence-electron chi connectivity index (χ1n) is 10.8. The number of anilines is 1. The van der Waals surface area contributed by atoms with E-state index >= 15 is 0 Å². The molecule has 8 heteroatoms. The van der Waals surface area contributed by atoms with Crippen LogP contribution in [0.3, 0.4) is 0 Å². The van der Waals surface area contributed by atoms with Crippen molar-refractivity contribution in [2.75, 3.05) is 24.6 Å². The van der Waals surface area contributed by atoms with Gasteiger partial charge >= 0.3 is 0 Å². The molecule has 0 fully saturated rings. The summed E-state index contributed by atoms with van der Waals surface area (Å²) in [4.78, 5) is 13.4. The minimum atomic E-state index is 0.114. The molecule has 0 radical (unpaired) electrons. The number of halogens is 1. The van der Waals surface area contributed by atoms with E-state index in [4.69, 9.17) is 21.6 Å². The van der Waals surface area contributed by atoms with Crippen LogP contribution in [-0.2, 0) is 0 Å². The summed E-state index contributed by atoms with van der Waals surface area (Å²) in [5.74, 6) is 1.52. The second-order valence-corrected chi connectivity index (χ2v) is 8.41. The molecule has 1 aliphatic rings. The fourth-order valence-electron chi connectivity index (χ4n) is 3.64. The molecule has 32 heavy (non-hydrogen) atoms. The van der Waals surface area contributed by atoms with E-state index < -0.39 is 0 Å². The maximum atomic E-state index is 9.33. The fourth-order valence-corrected chi connectivity index (χ4v) is 3.87. The Labute approximate surface area is 193 Å². The first kappa shape index (κ1) is 22.2. The van der Waals surface area contributed by atoms with Crippen molar-refractivity contribution in [3.05, 3.63) is 70.3 Å². The number of rotatable bonds is 7. The minimum absolute atomic E-state index is 0.114. The van der Waals surface area contributed by atoms with Crippen molar-refractivity contribution in [2.24, 2.45) is 10.1 Å². The first-order valence-corrected chi connectivity index (χ1v) is 11.2. The van der Waals surface area contributed by atoms with Crippen LogP contribution in [0.2, 0.25) is 5.02 Å². The highest BCUT2D eigenvalue weighted by atomic mass is 35.5. The van der Waals surface area contributed by atoms with Gasteiger partial charge in [0, 0.05) is 30.3 Å². The number of hydrogen-bond donors (Lipinski definition) is 1. The van der Waals surface area contributed by atoms with Gasteiger partial charge in [-0.15, -0.1) is 15.0 Å². The van der Waals surface area contributed by atoms with E-state index in [1.165, 1.54) is 0 Å². The third-order valence-electron chi connectivity index (χ3n) is 5.41. The van der Waals surface area contributed by atoms with Crippen LogP contribution in [-0.4, -0.2) is 51.1 Å². The highest BCUT2D eigenvalue weighted by molar-refractivity contribution is 6.56. The van der Waals surface area contributed by atoms with Gasteiger partial charge in [-0.3, -0.25) is 0 Å². The summed E-state index contributed by atoms with van der Waals surface area (Å²) in [6.07, 6.45) is 0. The molecule has 1 aliphatic heterocycles. The van der Waals surface area contributed by atoms with Crippen molar-refractivity contribution in [3.63, 3.8) is 0 Å². The molecule has 0 spiro atoms. The molecule has 0 atom stereocenters. The average Bonchev–Trinajstić information content (AvgIpc) is 3.33.